The van der Waals surface area contributed by atoms with Gasteiger partial charge in [0.2, 0.25) is 0 Å². The molecule has 112 valence electrons. The SMILES string of the molecule is Cc1ccc(C(=O)C2CN3CN4CCN(C3)CN2C4)cc1. The van der Waals surface area contributed by atoms with Crippen LogP contribution in [0, 0.1) is 6.92 Å². The molecule has 0 saturated carbocycles. The number of aryl methyl sites for hydroxylation is 1. The Kier molecular flexibility index (Phi) is 3.30. The summed E-state index contributed by atoms with van der Waals surface area (Å²) in [5.41, 5.74) is 2.04. The lowest BCUT2D eigenvalue weighted by atomic mass is 10.0. The van der Waals surface area contributed by atoms with Gasteiger partial charge in [0.05, 0.1) is 32.7 Å². The van der Waals surface area contributed by atoms with Crippen molar-refractivity contribution in [1.82, 2.24) is 19.6 Å². The van der Waals surface area contributed by atoms with Gasteiger partial charge in [0.15, 0.2) is 5.78 Å². The Morgan fingerprint density at radius 2 is 1.57 bits per heavy atom. The van der Waals surface area contributed by atoms with E-state index in [-0.39, 0.29) is 11.8 Å². The molecule has 1 aromatic rings. The minimum atomic E-state index is -0.0131. The third kappa shape index (κ3) is 2.51. The second-order valence-electron chi connectivity index (χ2n) is 6.54. The third-order valence-corrected chi connectivity index (χ3v) is 4.81. The van der Waals surface area contributed by atoms with Crippen LogP contribution in [0.4, 0.5) is 0 Å². The highest BCUT2D eigenvalue weighted by Crippen LogP contribution is 2.22. The third-order valence-electron chi connectivity index (χ3n) is 4.81. The van der Waals surface area contributed by atoms with Gasteiger partial charge in [-0.3, -0.25) is 24.4 Å². The van der Waals surface area contributed by atoms with Crippen molar-refractivity contribution in [1.29, 1.82) is 0 Å². The summed E-state index contributed by atoms with van der Waals surface area (Å²) in [6, 6.07) is 7.99. The molecule has 4 heterocycles. The molecule has 4 aliphatic heterocycles. The first-order valence-electron chi connectivity index (χ1n) is 7.71. The number of carbonyl (C=O) groups is 1. The van der Waals surface area contributed by atoms with E-state index in [2.05, 4.69) is 26.5 Å². The maximum atomic E-state index is 12.9. The van der Waals surface area contributed by atoms with Gasteiger partial charge in [0, 0.05) is 25.2 Å². The van der Waals surface area contributed by atoms with Gasteiger partial charge in [-0.15, -0.1) is 0 Å². The number of rotatable bonds is 2. The second-order valence-corrected chi connectivity index (χ2v) is 6.54. The Morgan fingerprint density at radius 1 is 0.952 bits per heavy atom. The van der Waals surface area contributed by atoms with Crippen molar-refractivity contribution >= 4 is 5.78 Å². The van der Waals surface area contributed by atoms with Crippen molar-refractivity contribution < 1.29 is 4.79 Å². The number of carbonyl (C=O) groups excluding carboxylic acids is 1. The van der Waals surface area contributed by atoms with E-state index in [1.165, 1.54) is 5.56 Å². The van der Waals surface area contributed by atoms with Crippen LogP contribution in [-0.2, 0) is 0 Å². The van der Waals surface area contributed by atoms with Crippen LogP contribution in [0.1, 0.15) is 15.9 Å². The first kappa shape index (κ1) is 13.4. The lowest BCUT2D eigenvalue weighted by Crippen LogP contribution is -2.47. The minimum Gasteiger partial charge on any atom is -0.292 e. The van der Waals surface area contributed by atoms with Gasteiger partial charge in [-0.1, -0.05) is 29.8 Å². The molecule has 3 atom stereocenters. The van der Waals surface area contributed by atoms with Crippen molar-refractivity contribution in [3.63, 3.8) is 0 Å². The van der Waals surface area contributed by atoms with Gasteiger partial charge in [-0.05, 0) is 6.92 Å². The molecular formula is C16H22N4O. The van der Waals surface area contributed by atoms with Gasteiger partial charge in [-0.2, -0.15) is 0 Å². The van der Waals surface area contributed by atoms with Crippen molar-refractivity contribution in [2.45, 2.75) is 13.0 Å². The highest BCUT2D eigenvalue weighted by molar-refractivity contribution is 6.00. The van der Waals surface area contributed by atoms with Crippen LogP contribution in [-0.4, -0.2) is 77.7 Å². The number of benzene rings is 1. The monoisotopic (exact) mass is 286 g/mol. The van der Waals surface area contributed by atoms with Crippen molar-refractivity contribution in [3.8, 4) is 0 Å². The van der Waals surface area contributed by atoms with Gasteiger partial charge in [0.1, 0.15) is 0 Å². The Bertz CT molecular complexity index is 528. The molecular weight excluding hydrogens is 264 g/mol. The number of fused-ring (bicyclic) bond motifs is 2. The Morgan fingerprint density at radius 3 is 2.19 bits per heavy atom. The van der Waals surface area contributed by atoms with Crippen LogP contribution >= 0.6 is 0 Å². The lowest BCUT2D eigenvalue weighted by molar-refractivity contribution is 0.0585. The second kappa shape index (κ2) is 5.18. The van der Waals surface area contributed by atoms with Gasteiger partial charge in [0.25, 0.3) is 0 Å². The van der Waals surface area contributed by atoms with Crippen LogP contribution in [0.3, 0.4) is 0 Å². The number of hydrogen-bond donors (Lipinski definition) is 0. The predicted molar refractivity (Wildman–Crippen MR) is 80.7 cm³/mol. The largest absolute Gasteiger partial charge is 0.292 e. The van der Waals surface area contributed by atoms with Crippen LogP contribution in [0.5, 0.6) is 0 Å². The molecule has 0 amide bonds. The van der Waals surface area contributed by atoms with E-state index in [4.69, 9.17) is 0 Å². The first-order valence-corrected chi connectivity index (χ1v) is 7.71. The van der Waals surface area contributed by atoms with E-state index in [0.29, 0.717) is 0 Å². The average Bonchev–Trinajstić information content (AvgIpc) is 2.91. The van der Waals surface area contributed by atoms with Crippen molar-refractivity contribution in [2.24, 2.45) is 0 Å². The fourth-order valence-corrected chi connectivity index (χ4v) is 3.66. The number of hydrogen-bond acceptors (Lipinski definition) is 5. The summed E-state index contributed by atoms with van der Waals surface area (Å²) in [6.07, 6.45) is 0. The Hall–Kier alpha value is -1.27. The van der Waals surface area contributed by atoms with Crippen molar-refractivity contribution in [2.75, 3.05) is 46.3 Å². The molecule has 4 aliphatic rings. The van der Waals surface area contributed by atoms with Crippen LogP contribution < -0.4 is 0 Å². The molecule has 4 fully saturated rings. The van der Waals surface area contributed by atoms with Gasteiger partial charge in [-0.25, -0.2) is 0 Å². The van der Waals surface area contributed by atoms with E-state index in [1.807, 2.05) is 24.3 Å². The normalized spacial score (nSPS) is 38.0. The van der Waals surface area contributed by atoms with E-state index < -0.39 is 0 Å². The van der Waals surface area contributed by atoms with E-state index in [1.54, 1.807) is 0 Å². The highest BCUT2D eigenvalue weighted by Gasteiger charge is 2.39. The maximum absolute atomic E-state index is 12.9. The molecule has 0 spiro atoms. The highest BCUT2D eigenvalue weighted by atomic mass is 16.1. The fourth-order valence-electron chi connectivity index (χ4n) is 3.66. The Labute approximate surface area is 125 Å². The topological polar surface area (TPSA) is 30.0 Å². The summed E-state index contributed by atoms with van der Waals surface area (Å²) in [7, 11) is 0. The molecule has 3 unspecified atom stereocenters. The summed E-state index contributed by atoms with van der Waals surface area (Å²) < 4.78 is 0. The molecule has 5 nitrogen and oxygen atoms in total. The fraction of sp³-hybridized carbons (Fsp3) is 0.562. The van der Waals surface area contributed by atoms with E-state index in [9.17, 15) is 4.79 Å². The van der Waals surface area contributed by atoms with E-state index >= 15 is 0 Å². The lowest BCUT2D eigenvalue weighted by Gasteiger charge is -2.30. The summed E-state index contributed by atoms with van der Waals surface area (Å²) in [5, 5.41) is 0. The molecule has 4 bridgehead atoms. The standard InChI is InChI=1S/C16H22N4O/c1-13-2-4-14(5-3-13)16(21)15-8-19-9-17-6-7-18(10-19)12-20(15)11-17/h2-5,15H,6-12H2,1H3. The summed E-state index contributed by atoms with van der Waals surface area (Å²) in [6.45, 7) is 8.93. The number of ketones is 1. The quantitative estimate of drug-likeness (QED) is 0.744. The molecule has 0 aromatic heterocycles. The van der Waals surface area contributed by atoms with Gasteiger partial charge >= 0.3 is 0 Å². The number of nitrogens with zero attached hydrogens (tertiary/aromatic N) is 4. The zero-order valence-electron chi connectivity index (χ0n) is 12.5. The number of Topliss-reactive ketones (excluding diaryl/α,β-unsaturated/α-hetero) is 1. The smallest absolute Gasteiger partial charge is 0.181 e. The molecule has 0 N–H and O–H groups in total. The van der Waals surface area contributed by atoms with E-state index in [0.717, 1.165) is 51.9 Å². The summed E-state index contributed by atoms with van der Waals surface area (Å²) >= 11 is 0. The van der Waals surface area contributed by atoms with Crippen molar-refractivity contribution in [3.05, 3.63) is 35.4 Å². The van der Waals surface area contributed by atoms with Crippen LogP contribution in [0.25, 0.3) is 0 Å². The zero-order chi connectivity index (χ0) is 14.4. The molecule has 21 heavy (non-hydrogen) atoms. The predicted octanol–water partition coefficient (Wildman–Crippen LogP) is 0.625. The molecule has 1 aromatic carbocycles. The zero-order valence-corrected chi connectivity index (χ0v) is 12.5. The molecule has 5 rings (SSSR count). The molecule has 5 heteroatoms. The summed E-state index contributed by atoms with van der Waals surface area (Å²) in [4.78, 5) is 22.6. The summed E-state index contributed by atoms with van der Waals surface area (Å²) in [5.74, 6) is 0.269. The first-order chi connectivity index (χ1) is 10.2. The van der Waals surface area contributed by atoms with Crippen LogP contribution in [0.2, 0.25) is 0 Å². The Balaban J connectivity index is 1.63. The molecule has 0 radical (unpaired) electrons. The molecule has 0 aliphatic carbocycles. The van der Waals surface area contributed by atoms with Gasteiger partial charge < -0.3 is 0 Å². The average molecular weight is 286 g/mol. The maximum Gasteiger partial charge on any atom is 0.181 e. The van der Waals surface area contributed by atoms with Crippen LogP contribution in [0.15, 0.2) is 24.3 Å². The minimum absolute atomic E-state index is 0.0131. The molecule has 4 saturated heterocycles.